The van der Waals surface area contributed by atoms with Crippen LogP contribution in [0.2, 0.25) is 0 Å². The summed E-state index contributed by atoms with van der Waals surface area (Å²) in [7, 11) is 0. The number of amides is 1. The molecule has 1 amide bonds. The molecule has 0 radical (unpaired) electrons. The third-order valence-corrected chi connectivity index (χ3v) is 4.50. The number of nitrogens with two attached hydrogens (primary N) is 1. The summed E-state index contributed by atoms with van der Waals surface area (Å²) in [4.78, 5) is 14.5. The quantitative estimate of drug-likeness (QED) is 0.695. The third-order valence-electron chi connectivity index (χ3n) is 3.06. The first kappa shape index (κ1) is 16.5. The van der Waals surface area contributed by atoms with Crippen LogP contribution in [0.3, 0.4) is 0 Å². The minimum Gasteiger partial charge on any atom is -0.333 e. The van der Waals surface area contributed by atoms with Gasteiger partial charge in [0.05, 0.1) is 5.56 Å². The molecule has 0 aliphatic rings. The van der Waals surface area contributed by atoms with Gasteiger partial charge in [0.15, 0.2) is 0 Å². The van der Waals surface area contributed by atoms with E-state index in [2.05, 4.69) is 38.5 Å². The Morgan fingerprint density at radius 3 is 2.57 bits per heavy atom. The van der Waals surface area contributed by atoms with E-state index < -0.39 is 0 Å². The minimum atomic E-state index is 0.00926. The van der Waals surface area contributed by atoms with Crippen molar-refractivity contribution in [2.45, 2.75) is 6.54 Å². The second kappa shape index (κ2) is 7.91. The molecule has 2 N–H and O–H groups in total. The summed E-state index contributed by atoms with van der Waals surface area (Å²) in [6, 6.07) is 15.7. The molecule has 2 rings (SSSR count). The number of carbonyl (C=O) groups is 1. The summed E-state index contributed by atoms with van der Waals surface area (Å²) < 4.78 is 1.84. The van der Waals surface area contributed by atoms with Crippen LogP contribution in [0.25, 0.3) is 0 Å². The van der Waals surface area contributed by atoms with Gasteiger partial charge < -0.3 is 10.6 Å². The zero-order valence-electron chi connectivity index (χ0n) is 11.4. The van der Waals surface area contributed by atoms with Crippen molar-refractivity contribution in [3.63, 3.8) is 0 Å². The molecule has 110 valence electrons. The molecule has 2 aromatic rings. The van der Waals surface area contributed by atoms with E-state index in [0.717, 1.165) is 13.6 Å². The van der Waals surface area contributed by atoms with Crippen molar-refractivity contribution in [1.29, 1.82) is 0 Å². The number of nitrogens with zero attached hydrogens (tertiary/aromatic N) is 1. The summed E-state index contributed by atoms with van der Waals surface area (Å²) >= 11 is 5.61. The molecular formula is C16H16BrIN2O. The number of benzene rings is 2. The summed E-state index contributed by atoms with van der Waals surface area (Å²) in [5.41, 5.74) is 7.47. The average Bonchev–Trinajstić information content (AvgIpc) is 2.49. The van der Waals surface area contributed by atoms with Crippen molar-refractivity contribution in [3.05, 3.63) is 67.7 Å². The second-order valence-electron chi connectivity index (χ2n) is 4.63. The van der Waals surface area contributed by atoms with Crippen LogP contribution in [0, 0.1) is 3.57 Å². The fourth-order valence-electron chi connectivity index (χ4n) is 2.04. The molecule has 0 spiro atoms. The first-order chi connectivity index (χ1) is 10.1. The lowest BCUT2D eigenvalue weighted by molar-refractivity contribution is 0.0747. The fraction of sp³-hybridized carbons (Fsp3) is 0.188. The molecule has 21 heavy (non-hydrogen) atoms. The maximum Gasteiger partial charge on any atom is 0.255 e. The molecule has 0 bridgehead atoms. The van der Waals surface area contributed by atoms with Gasteiger partial charge in [-0.2, -0.15) is 0 Å². The Morgan fingerprint density at radius 1 is 1.19 bits per heavy atom. The molecule has 0 aliphatic heterocycles. The molecule has 0 aliphatic carbocycles. The lowest BCUT2D eigenvalue weighted by Crippen LogP contribution is -2.35. The number of hydrogen-bond acceptors (Lipinski definition) is 2. The van der Waals surface area contributed by atoms with Crippen LogP contribution in [0.5, 0.6) is 0 Å². The summed E-state index contributed by atoms with van der Waals surface area (Å²) in [5.74, 6) is 0.00926. The Morgan fingerprint density at radius 2 is 1.90 bits per heavy atom. The van der Waals surface area contributed by atoms with Crippen LogP contribution in [-0.2, 0) is 6.54 Å². The van der Waals surface area contributed by atoms with Gasteiger partial charge in [-0.05, 0) is 46.4 Å². The first-order valence-corrected chi connectivity index (χ1v) is 8.47. The molecule has 0 unspecified atom stereocenters. The molecule has 0 saturated heterocycles. The molecule has 0 atom stereocenters. The predicted octanol–water partition coefficient (Wildman–Crippen LogP) is 3.65. The smallest absolute Gasteiger partial charge is 0.255 e. The molecule has 2 aromatic carbocycles. The van der Waals surface area contributed by atoms with Gasteiger partial charge in [0.2, 0.25) is 0 Å². The highest BCUT2D eigenvalue weighted by Crippen LogP contribution is 2.20. The Bertz CT molecular complexity index is 619. The second-order valence-corrected chi connectivity index (χ2v) is 6.70. The van der Waals surface area contributed by atoms with Crippen LogP contribution in [0.4, 0.5) is 0 Å². The number of hydrogen-bond donors (Lipinski definition) is 1. The topological polar surface area (TPSA) is 46.3 Å². The molecular weight excluding hydrogens is 443 g/mol. The lowest BCUT2D eigenvalue weighted by Gasteiger charge is -2.23. The Balaban J connectivity index is 2.25. The van der Waals surface area contributed by atoms with Crippen LogP contribution in [0.1, 0.15) is 15.9 Å². The van der Waals surface area contributed by atoms with Gasteiger partial charge in [0.1, 0.15) is 0 Å². The van der Waals surface area contributed by atoms with Crippen molar-refractivity contribution in [3.8, 4) is 0 Å². The number of rotatable bonds is 5. The van der Waals surface area contributed by atoms with E-state index in [1.165, 1.54) is 0 Å². The van der Waals surface area contributed by atoms with Gasteiger partial charge in [-0.1, -0.05) is 46.3 Å². The summed E-state index contributed by atoms with van der Waals surface area (Å²) in [5, 5.41) is 0. The van der Waals surface area contributed by atoms with Gasteiger partial charge in [-0.25, -0.2) is 0 Å². The molecule has 3 nitrogen and oxygen atoms in total. The van der Waals surface area contributed by atoms with E-state index in [9.17, 15) is 4.79 Å². The van der Waals surface area contributed by atoms with Crippen molar-refractivity contribution in [2.75, 3.05) is 13.1 Å². The van der Waals surface area contributed by atoms with E-state index in [0.29, 0.717) is 25.2 Å². The zero-order valence-corrected chi connectivity index (χ0v) is 15.2. The van der Waals surface area contributed by atoms with Crippen LogP contribution < -0.4 is 5.73 Å². The maximum absolute atomic E-state index is 12.8. The van der Waals surface area contributed by atoms with E-state index in [1.807, 2.05) is 48.5 Å². The van der Waals surface area contributed by atoms with Crippen molar-refractivity contribution in [2.24, 2.45) is 5.73 Å². The minimum absolute atomic E-state index is 0.00926. The summed E-state index contributed by atoms with van der Waals surface area (Å²) in [6.45, 7) is 1.55. The van der Waals surface area contributed by atoms with Gasteiger partial charge in [0, 0.05) is 27.7 Å². The molecule has 0 aromatic heterocycles. The van der Waals surface area contributed by atoms with Crippen LogP contribution in [-0.4, -0.2) is 23.9 Å². The monoisotopic (exact) mass is 458 g/mol. The van der Waals surface area contributed by atoms with Crippen molar-refractivity contribution < 1.29 is 4.79 Å². The van der Waals surface area contributed by atoms with E-state index in [4.69, 9.17) is 5.73 Å². The van der Waals surface area contributed by atoms with Gasteiger partial charge in [0.25, 0.3) is 5.91 Å². The van der Waals surface area contributed by atoms with Crippen LogP contribution in [0.15, 0.2) is 53.0 Å². The van der Waals surface area contributed by atoms with E-state index in [1.54, 1.807) is 4.90 Å². The van der Waals surface area contributed by atoms with E-state index >= 15 is 0 Å². The van der Waals surface area contributed by atoms with Gasteiger partial charge >= 0.3 is 0 Å². The number of halogens is 2. The largest absolute Gasteiger partial charge is 0.333 e. The zero-order chi connectivity index (χ0) is 15.2. The predicted molar refractivity (Wildman–Crippen MR) is 97.1 cm³/mol. The van der Waals surface area contributed by atoms with Gasteiger partial charge in [-0.3, -0.25) is 4.79 Å². The molecule has 5 heteroatoms. The highest BCUT2D eigenvalue weighted by Gasteiger charge is 2.18. The number of carbonyl (C=O) groups excluding carboxylic acids is 1. The van der Waals surface area contributed by atoms with E-state index in [-0.39, 0.29) is 5.91 Å². The summed E-state index contributed by atoms with van der Waals surface area (Å²) in [6.07, 6.45) is 0. The Hall–Kier alpha value is -0.920. The lowest BCUT2D eigenvalue weighted by atomic mass is 10.1. The fourth-order valence-corrected chi connectivity index (χ4v) is 2.97. The molecule has 0 heterocycles. The van der Waals surface area contributed by atoms with Gasteiger partial charge in [-0.15, -0.1) is 0 Å². The highest BCUT2D eigenvalue weighted by molar-refractivity contribution is 14.1. The first-order valence-electron chi connectivity index (χ1n) is 6.60. The average molecular weight is 459 g/mol. The molecule has 0 fully saturated rings. The SMILES string of the molecule is NCCN(Cc1ccccc1)C(=O)c1cc(Br)ccc1I. The standard InChI is InChI=1S/C16H16BrIN2O/c17-13-6-7-15(18)14(10-13)16(21)20(9-8-19)11-12-4-2-1-3-5-12/h1-7,10H,8-9,11,19H2. The Kier molecular flexibility index (Phi) is 6.20. The Labute approximate surface area is 146 Å². The highest BCUT2D eigenvalue weighted by atomic mass is 127. The third kappa shape index (κ3) is 4.52. The van der Waals surface area contributed by atoms with Crippen molar-refractivity contribution in [1.82, 2.24) is 4.90 Å². The maximum atomic E-state index is 12.8. The van der Waals surface area contributed by atoms with Crippen LogP contribution >= 0.6 is 38.5 Å². The molecule has 0 saturated carbocycles. The van der Waals surface area contributed by atoms with Crippen molar-refractivity contribution >= 4 is 44.4 Å². The normalized spacial score (nSPS) is 10.4.